The van der Waals surface area contributed by atoms with E-state index in [2.05, 4.69) is 47.8 Å². The first kappa shape index (κ1) is 19.3. The third-order valence-corrected chi connectivity index (χ3v) is 5.18. The first-order valence-corrected chi connectivity index (χ1v) is 10.5. The molecule has 5 nitrogen and oxygen atoms in total. The van der Waals surface area contributed by atoms with Crippen molar-refractivity contribution in [2.75, 3.05) is 11.3 Å². The van der Waals surface area contributed by atoms with E-state index in [0.717, 1.165) is 45.4 Å². The maximum absolute atomic E-state index is 5.76. The van der Waals surface area contributed by atoms with Crippen LogP contribution in [-0.2, 0) is 0 Å². The number of anilines is 1. The van der Waals surface area contributed by atoms with Crippen LogP contribution in [0.1, 0.15) is 19.5 Å². The summed E-state index contributed by atoms with van der Waals surface area (Å²) in [6, 6.07) is 20.3. The van der Waals surface area contributed by atoms with Crippen LogP contribution in [0, 0.1) is 12.8 Å². The van der Waals surface area contributed by atoms with Gasteiger partial charge in [0.25, 0.3) is 0 Å². The molecule has 4 rings (SSSR count). The molecule has 6 heteroatoms. The van der Waals surface area contributed by atoms with Crippen molar-refractivity contribution in [2.24, 2.45) is 5.92 Å². The Morgan fingerprint density at radius 2 is 1.90 bits per heavy atom. The number of hydrogen-bond donors (Lipinski definition) is 1. The van der Waals surface area contributed by atoms with Gasteiger partial charge in [0.2, 0.25) is 0 Å². The molecule has 148 valence electrons. The summed E-state index contributed by atoms with van der Waals surface area (Å²) in [6.07, 6.45) is 1.81. The predicted octanol–water partition coefficient (Wildman–Crippen LogP) is 5.88. The number of rotatable bonds is 7. The number of nitrogens with one attached hydrogen (secondary N) is 1. The van der Waals surface area contributed by atoms with Gasteiger partial charge >= 0.3 is 0 Å². The number of hydrogen-bond acceptors (Lipinski definition) is 5. The second-order valence-corrected chi connectivity index (χ2v) is 8.19. The average Bonchev–Trinajstić information content (AvgIpc) is 3.11. The lowest BCUT2D eigenvalue weighted by molar-refractivity contribution is 0.271. The average molecular weight is 405 g/mol. The molecule has 2 aromatic carbocycles. The highest BCUT2D eigenvalue weighted by Gasteiger charge is 2.11. The van der Waals surface area contributed by atoms with E-state index < -0.39 is 0 Å². The number of aromatic nitrogens is 3. The lowest BCUT2D eigenvalue weighted by atomic mass is 10.2. The van der Waals surface area contributed by atoms with E-state index in [1.807, 2.05) is 54.2 Å². The summed E-state index contributed by atoms with van der Waals surface area (Å²) in [4.78, 5) is 5.56. The summed E-state index contributed by atoms with van der Waals surface area (Å²) >= 11 is 1.55. The van der Waals surface area contributed by atoms with Crippen LogP contribution >= 0.6 is 11.9 Å². The summed E-state index contributed by atoms with van der Waals surface area (Å²) in [6.45, 7) is 7.01. The van der Waals surface area contributed by atoms with Crippen LogP contribution in [0.4, 0.5) is 5.82 Å². The highest BCUT2D eigenvalue weighted by Crippen LogP contribution is 2.28. The zero-order valence-corrected chi connectivity index (χ0v) is 17.6. The summed E-state index contributed by atoms with van der Waals surface area (Å²) in [5.74, 6) is 2.33. The van der Waals surface area contributed by atoms with E-state index in [1.165, 1.54) is 0 Å². The monoisotopic (exact) mass is 404 g/mol. The molecule has 29 heavy (non-hydrogen) atoms. The maximum atomic E-state index is 5.76. The molecule has 0 saturated carbocycles. The predicted molar refractivity (Wildman–Crippen MR) is 120 cm³/mol. The maximum Gasteiger partial charge on any atom is 0.140 e. The number of aryl methyl sites for hydroxylation is 1. The van der Waals surface area contributed by atoms with Gasteiger partial charge in [-0.3, -0.25) is 4.98 Å². The number of benzene rings is 2. The van der Waals surface area contributed by atoms with Gasteiger partial charge in [0.05, 0.1) is 23.5 Å². The molecule has 0 bridgehead atoms. The van der Waals surface area contributed by atoms with Crippen molar-refractivity contribution in [1.29, 1.82) is 0 Å². The molecule has 1 N–H and O–H groups in total. The number of fused-ring (bicyclic) bond motifs is 1. The van der Waals surface area contributed by atoms with Gasteiger partial charge in [0.15, 0.2) is 0 Å². The van der Waals surface area contributed by atoms with Crippen molar-refractivity contribution in [2.45, 2.75) is 25.7 Å². The second-order valence-electron chi connectivity index (χ2n) is 7.31. The molecule has 0 radical (unpaired) electrons. The van der Waals surface area contributed by atoms with Crippen LogP contribution in [0.25, 0.3) is 16.6 Å². The minimum absolute atomic E-state index is 0.513. The van der Waals surface area contributed by atoms with Crippen molar-refractivity contribution in [3.05, 3.63) is 72.6 Å². The molecule has 0 atom stereocenters. The molecule has 4 aromatic rings. The Morgan fingerprint density at radius 1 is 1.07 bits per heavy atom. The topological polar surface area (TPSA) is 52.0 Å². The van der Waals surface area contributed by atoms with Gasteiger partial charge in [-0.25, -0.2) is 4.68 Å². The lowest BCUT2D eigenvalue weighted by Crippen LogP contribution is -2.04. The van der Waals surface area contributed by atoms with E-state index in [0.29, 0.717) is 5.92 Å². The molecular formula is C23H24N4OS. The van der Waals surface area contributed by atoms with E-state index in [4.69, 9.17) is 9.84 Å². The fraction of sp³-hybridized carbons (Fsp3) is 0.217. The largest absolute Gasteiger partial charge is 0.493 e. The summed E-state index contributed by atoms with van der Waals surface area (Å²) < 4.78 is 11.1. The van der Waals surface area contributed by atoms with E-state index in [9.17, 15) is 0 Å². The van der Waals surface area contributed by atoms with Crippen LogP contribution in [0.3, 0.4) is 0 Å². The van der Waals surface area contributed by atoms with Crippen molar-refractivity contribution < 1.29 is 4.74 Å². The van der Waals surface area contributed by atoms with Gasteiger partial charge < -0.3 is 9.46 Å². The van der Waals surface area contributed by atoms with Gasteiger partial charge in [0.1, 0.15) is 11.6 Å². The SMILES string of the molecule is Cc1cc(NSc2ccc(OCC(C)C)cc2)n(-c2cccc3ncccc23)n1. The third kappa shape index (κ3) is 4.54. The Kier molecular flexibility index (Phi) is 5.71. The highest BCUT2D eigenvalue weighted by atomic mass is 32.2. The number of ether oxygens (including phenoxy) is 1. The Bertz CT molecular complexity index is 1100. The van der Waals surface area contributed by atoms with E-state index in [1.54, 1.807) is 11.9 Å². The quantitative estimate of drug-likeness (QED) is 0.390. The number of nitrogens with zero attached hydrogens (tertiary/aromatic N) is 3. The van der Waals surface area contributed by atoms with Crippen LogP contribution in [0.15, 0.2) is 71.8 Å². The zero-order valence-electron chi connectivity index (χ0n) is 16.8. The van der Waals surface area contributed by atoms with Crippen molar-refractivity contribution in [3.63, 3.8) is 0 Å². The smallest absolute Gasteiger partial charge is 0.140 e. The standard InChI is InChI=1S/C23H24N4OS/c1-16(2)15-28-18-9-11-19(12-10-18)29-26-23-14-17(3)25-27(23)22-8-4-7-21-20(22)6-5-13-24-21/h4-14,16,26H,15H2,1-3H3. The summed E-state index contributed by atoms with van der Waals surface area (Å²) in [7, 11) is 0. The fourth-order valence-electron chi connectivity index (χ4n) is 3.01. The molecule has 0 unspecified atom stereocenters. The summed E-state index contributed by atoms with van der Waals surface area (Å²) in [5, 5.41) is 5.76. The van der Waals surface area contributed by atoms with Crippen LogP contribution in [0.2, 0.25) is 0 Å². The molecule has 0 aliphatic carbocycles. The Labute approximate surface area is 175 Å². The van der Waals surface area contributed by atoms with Crippen molar-refractivity contribution >= 4 is 28.7 Å². The minimum Gasteiger partial charge on any atom is -0.493 e. The molecule has 0 aliphatic heterocycles. The van der Waals surface area contributed by atoms with Crippen LogP contribution < -0.4 is 9.46 Å². The van der Waals surface area contributed by atoms with Crippen LogP contribution in [-0.4, -0.2) is 21.4 Å². The molecule has 2 heterocycles. The molecule has 0 amide bonds. The van der Waals surface area contributed by atoms with Gasteiger partial charge in [-0.15, -0.1) is 0 Å². The van der Waals surface area contributed by atoms with Crippen molar-refractivity contribution in [3.8, 4) is 11.4 Å². The van der Waals surface area contributed by atoms with E-state index in [-0.39, 0.29) is 0 Å². The molecule has 0 saturated heterocycles. The Morgan fingerprint density at radius 3 is 2.69 bits per heavy atom. The first-order valence-electron chi connectivity index (χ1n) is 9.66. The first-order chi connectivity index (χ1) is 14.1. The van der Waals surface area contributed by atoms with Gasteiger partial charge in [-0.05, 0) is 73.3 Å². The fourth-order valence-corrected chi connectivity index (χ4v) is 3.65. The number of pyridine rings is 1. The lowest BCUT2D eigenvalue weighted by Gasteiger charge is -2.12. The molecular weight excluding hydrogens is 380 g/mol. The van der Waals surface area contributed by atoms with Gasteiger partial charge in [-0.2, -0.15) is 5.10 Å². The molecule has 0 aliphatic rings. The van der Waals surface area contributed by atoms with Gasteiger partial charge in [0, 0.05) is 22.5 Å². The Balaban J connectivity index is 1.53. The van der Waals surface area contributed by atoms with Crippen molar-refractivity contribution in [1.82, 2.24) is 14.8 Å². The van der Waals surface area contributed by atoms with E-state index >= 15 is 0 Å². The minimum atomic E-state index is 0.513. The molecule has 0 spiro atoms. The molecule has 2 aromatic heterocycles. The third-order valence-electron chi connectivity index (χ3n) is 4.36. The Hall–Kier alpha value is -2.99. The zero-order chi connectivity index (χ0) is 20.2. The second kappa shape index (κ2) is 8.57. The summed E-state index contributed by atoms with van der Waals surface area (Å²) in [5.41, 5.74) is 2.91. The highest BCUT2D eigenvalue weighted by molar-refractivity contribution is 8.00. The van der Waals surface area contributed by atoms with Crippen LogP contribution in [0.5, 0.6) is 5.75 Å². The van der Waals surface area contributed by atoms with Gasteiger partial charge in [-0.1, -0.05) is 19.9 Å². The molecule has 0 fully saturated rings. The normalized spacial score (nSPS) is 11.2.